The van der Waals surface area contributed by atoms with Crippen LogP contribution in [0.25, 0.3) is 0 Å². The second kappa shape index (κ2) is 6.65. The van der Waals surface area contributed by atoms with E-state index >= 15 is 0 Å². The third kappa shape index (κ3) is 3.07. The first-order valence-electron chi connectivity index (χ1n) is 9.34. The van der Waals surface area contributed by atoms with Crippen LogP contribution in [0.1, 0.15) is 32.1 Å². The van der Waals surface area contributed by atoms with Crippen molar-refractivity contribution in [3.8, 4) is 0 Å². The summed E-state index contributed by atoms with van der Waals surface area (Å²) in [6.07, 6.45) is 1.75. The number of carbonyl (C=O) groups is 1. The van der Waals surface area contributed by atoms with Crippen molar-refractivity contribution < 1.29 is 27.1 Å². The van der Waals surface area contributed by atoms with E-state index in [0.717, 1.165) is 18.6 Å². The van der Waals surface area contributed by atoms with Crippen LogP contribution >= 0.6 is 0 Å². The van der Waals surface area contributed by atoms with Gasteiger partial charge >= 0.3 is 0 Å². The van der Waals surface area contributed by atoms with Gasteiger partial charge in [-0.25, -0.2) is 17.6 Å². The first kappa shape index (κ1) is 18.5. The van der Waals surface area contributed by atoms with Gasteiger partial charge in [0.15, 0.2) is 0 Å². The SMILES string of the molecule is O=C(CC12CCCCC1C2(F)F)Nc1cc(F)c(N2CCOCC2)cc1F. The van der Waals surface area contributed by atoms with Crippen LogP contribution < -0.4 is 10.2 Å². The summed E-state index contributed by atoms with van der Waals surface area (Å²) in [5.41, 5.74) is -1.52. The Kier molecular flexibility index (Phi) is 4.56. The second-order valence-electron chi connectivity index (χ2n) is 7.69. The van der Waals surface area contributed by atoms with Crippen molar-refractivity contribution >= 4 is 17.3 Å². The number of rotatable bonds is 4. The molecule has 3 aliphatic rings. The second-order valence-corrected chi connectivity index (χ2v) is 7.69. The molecule has 0 spiro atoms. The fourth-order valence-corrected chi connectivity index (χ4v) is 4.67. The van der Waals surface area contributed by atoms with Gasteiger partial charge in [-0.15, -0.1) is 0 Å². The molecule has 2 saturated carbocycles. The van der Waals surface area contributed by atoms with Gasteiger partial charge in [-0.2, -0.15) is 0 Å². The van der Waals surface area contributed by atoms with Crippen LogP contribution in [0, 0.1) is 23.0 Å². The highest BCUT2D eigenvalue weighted by Crippen LogP contribution is 2.73. The van der Waals surface area contributed by atoms with Gasteiger partial charge < -0.3 is 15.0 Å². The van der Waals surface area contributed by atoms with Crippen molar-refractivity contribution in [2.75, 3.05) is 36.5 Å². The molecule has 8 heteroatoms. The van der Waals surface area contributed by atoms with Gasteiger partial charge in [-0.05, 0) is 12.8 Å². The van der Waals surface area contributed by atoms with Crippen LogP contribution in [0.5, 0.6) is 0 Å². The molecule has 4 rings (SSSR count). The van der Waals surface area contributed by atoms with Gasteiger partial charge in [-0.1, -0.05) is 12.8 Å². The number of nitrogens with zero attached hydrogens (tertiary/aromatic N) is 1. The summed E-state index contributed by atoms with van der Waals surface area (Å²) in [4.78, 5) is 14.0. The first-order chi connectivity index (χ1) is 12.8. The molecule has 148 valence electrons. The zero-order valence-corrected chi connectivity index (χ0v) is 14.9. The Balaban J connectivity index is 1.46. The van der Waals surface area contributed by atoms with Gasteiger partial charge in [0.2, 0.25) is 5.91 Å². The van der Waals surface area contributed by atoms with Gasteiger partial charge in [0.05, 0.1) is 30.0 Å². The van der Waals surface area contributed by atoms with Crippen LogP contribution in [0.3, 0.4) is 0 Å². The molecule has 1 aromatic carbocycles. The number of halogens is 4. The van der Waals surface area contributed by atoms with E-state index in [0.29, 0.717) is 45.6 Å². The molecule has 0 aromatic heterocycles. The lowest BCUT2D eigenvalue weighted by Crippen LogP contribution is -2.36. The van der Waals surface area contributed by atoms with Gasteiger partial charge in [0.25, 0.3) is 5.92 Å². The number of hydrogen-bond donors (Lipinski definition) is 1. The molecule has 2 atom stereocenters. The highest BCUT2D eigenvalue weighted by atomic mass is 19.3. The molecule has 2 aliphatic carbocycles. The number of fused-ring (bicyclic) bond motifs is 1. The Morgan fingerprint density at radius 3 is 2.63 bits per heavy atom. The Morgan fingerprint density at radius 1 is 1.19 bits per heavy atom. The van der Waals surface area contributed by atoms with Crippen molar-refractivity contribution in [2.45, 2.75) is 38.0 Å². The molecular formula is C19H22F4N2O2. The molecule has 1 heterocycles. The predicted octanol–water partition coefficient (Wildman–Crippen LogP) is 3.96. The van der Waals surface area contributed by atoms with Crippen LogP contribution in [0.2, 0.25) is 0 Å². The Bertz CT molecular complexity index is 751. The maximum atomic E-state index is 14.4. The van der Waals surface area contributed by atoms with Gasteiger partial charge in [-0.3, -0.25) is 4.79 Å². The summed E-state index contributed by atoms with van der Waals surface area (Å²) in [6.45, 7) is 1.75. The minimum absolute atomic E-state index is 0.105. The van der Waals surface area contributed by atoms with E-state index in [2.05, 4.69) is 5.32 Å². The van der Waals surface area contributed by atoms with E-state index in [-0.39, 0.29) is 17.8 Å². The lowest BCUT2D eigenvalue weighted by molar-refractivity contribution is -0.118. The Labute approximate surface area is 154 Å². The maximum absolute atomic E-state index is 14.4. The Morgan fingerprint density at radius 2 is 1.93 bits per heavy atom. The van der Waals surface area contributed by atoms with Crippen molar-refractivity contribution in [3.63, 3.8) is 0 Å². The van der Waals surface area contributed by atoms with E-state index in [9.17, 15) is 22.4 Å². The maximum Gasteiger partial charge on any atom is 0.258 e. The normalized spacial score (nSPS) is 29.2. The fourth-order valence-electron chi connectivity index (χ4n) is 4.67. The zero-order valence-electron chi connectivity index (χ0n) is 14.9. The fraction of sp³-hybridized carbons (Fsp3) is 0.632. The number of alkyl halides is 2. The van der Waals surface area contributed by atoms with E-state index in [1.807, 2.05) is 0 Å². The van der Waals surface area contributed by atoms with E-state index < -0.39 is 34.8 Å². The number of hydrogen-bond acceptors (Lipinski definition) is 3. The quantitative estimate of drug-likeness (QED) is 0.797. The van der Waals surface area contributed by atoms with Crippen molar-refractivity contribution in [3.05, 3.63) is 23.8 Å². The van der Waals surface area contributed by atoms with E-state index in [4.69, 9.17) is 4.74 Å². The summed E-state index contributed by atoms with van der Waals surface area (Å²) < 4.78 is 62.3. The molecule has 0 bridgehead atoms. The average Bonchev–Trinajstić information content (AvgIpc) is 3.13. The standard InChI is InChI=1S/C19H22F4N2O2/c20-12-10-15(25-5-7-27-8-6-25)13(21)9-14(12)24-17(26)11-18-4-2-1-3-16(18)19(18,22)23/h9-10,16H,1-8,11H2,(H,24,26). The van der Waals surface area contributed by atoms with E-state index in [1.54, 1.807) is 4.90 Å². The number of carbonyl (C=O) groups excluding carboxylic acids is 1. The smallest absolute Gasteiger partial charge is 0.258 e. The largest absolute Gasteiger partial charge is 0.378 e. The minimum Gasteiger partial charge on any atom is -0.378 e. The first-order valence-corrected chi connectivity index (χ1v) is 9.34. The van der Waals surface area contributed by atoms with Crippen LogP contribution in [0.4, 0.5) is 28.9 Å². The number of ether oxygens (including phenoxy) is 1. The summed E-state index contributed by atoms with van der Waals surface area (Å²) >= 11 is 0. The zero-order chi connectivity index (χ0) is 19.2. The van der Waals surface area contributed by atoms with Crippen molar-refractivity contribution in [1.29, 1.82) is 0 Å². The highest BCUT2D eigenvalue weighted by Gasteiger charge is 2.80. The molecule has 1 aliphatic heterocycles. The number of nitrogens with one attached hydrogen (secondary N) is 1. The molecule has 0 radical (unpaired) electrons. The van der Waals surface area contributed by atoms with E-state index in [1.165, 1.54) is 0 Å². The average molecular weight is 386 g/mol. The number of morpholine rings is 1. The van der Waals surface area contributed by atoms with Crippen LogP contribution in [-0.2, 0) is 9.53 Å². The lowest BCUT2D eigenvalue weighted by atomic mass is 9.85. The lowest BCUT2D eigenvalue weighted by Gasteiger charge is -2.29. The summed E-state index contributed by atoms with van der Waals surface area (Å²) in [7, 11) is 0. The molecule has 3 fully saturated rings. The third-order valence-electron chi connectivity index (χ3n) is 6.19. The number of anilines is 2. The third-order valence-corrected chi connectivity index (χ3v) is 6.19. The predicted molar refractivity (Wildman–Crippen MR) is 92.0 cm³/mol. The van der Waals surface area contributed by atoms with Crippen LogP contribution in [0.15, 0.2) is 12.1 Å². The topological polar surface area (TPSA) is 41.6 Å². The molecule has 27 heavy (non-hydrogen) atoms. The summed E-state index contributed by atoms with van der Waals surface area (Å²) in [6, 6.07) is 1.95. The number of amides is 1. The molecule has 2 unspecified atom stereocenters. The highest BCUT2D eigenvalue weighted by molar-refractivity contribution is 5.92. The van der Waals surface area contributed by atoms with Crippen molar-refractivity contribution in [1.82, 2.24) is 0 Å². The van der Waals surface area contributed by atoms with Crippen LogP contribution in [-0.4, -0.2) is 38.1 Å². The molecule has 4 nitrogen and oxygen atoms in total. The molecular weight excluding hydrogens is 364 g/mol. The summed E-state index contributed by atoms with van der Waals surface area (Å²) in [5, 5.41) is 2.29. The molecule has 1 amide bonds. The van der Waals surface area contributed by atoms with Crippen molar-refractivity contribution in [2.24, 2.45) is 11.3 Å². The molecule has 1 N–H and O–H groups in total. The monoisotopic (exact) mass is 386 g/mol. The van der Waals surface area contributed by atoms with Gasteiger partial charge in [0, 0.05) is 37.6 Å². The molecule has 1 saturated heterocycles. The minimum atomic E-state index is -2.84. The number of benzene rings is 1. The van der Waals surface area contributed by atoms with Gasteiger partial charge in [0.1, 0.15) is 11.6 Å². The Hall–Kier alpha value is -1.83. The summed E-state index contributed by atoms with van der Waals surface area (Å²) in [5.74, 6) is -5.76. The molecule has 1 aromatic rings.